The van der Waals surface area contributed by atoms with Crippen molar-refractivity contribution in [2.24, 2.45) is 7.05 Å². The molecule has 0 spiro atoms. The number of aromatic nitrogens is 4. The van der Waals surface area contributed by atoms with Crippen LogP contribution in [-0.2, 0) is 18.3 Å². The molecule has 3 aromatic rings. The third kappa shape index (κ3) is 2.98. The molecule has 0 unspecified atom stereocenters. The third-order valence-electron chi connectivity index (χ3n) is 3.56. The summed E-state index contributed by atoms with van der Waals surface area (Å²) in [5.41, 5.74) is 7.55. The van der Waals surface area contributed by atoms with Crippen LogP contribution in [0.5, 0.6) is 0 Å². The Balaban J connectivity index is 1.91. The van der Waals surface area contributed by atoms with E-state index in [9.17, 15) is 4.79 Å². The predicted molar refractivity (Wildman–Crippen MR) is 93.8 cm³/mol. The topological polar surface area (TPSA) is 102 Å². The van der Waals surface area contributed by atoms with E-state index in [1.54, 1.807) is 16.6 Å². The molecule has 2 heterocycles. The highest BCUT2D eigenvalue weighted by atomic mass is 16.1. The van der Waals surface area contributed by atoms with Gasteiger partial charge in [-0.05, 0) is 5.56 Å². The van der Waals surface area contributed by atoms with Gasteiger partial charge in [-0.1, -0.05) is 30.3 Å². The molecule has 0 aliphatic heterocycles. The first kappa shape index (κ1) is 15.7. The van der Waals surface area contributed by atoms with Crippen molar-refractivity contribution in [3.05, 3.63) is 35.9 Å². The Hall–Kier alpha value is -3.16. The Labute approximate surface area is 139 Å². The summed E-state index contributed by atoms with van der Waals surface area (Å²) >= 11 is 0. The predicted octanol–water partition coefficient (Wildman–Crippen LogP) is 1.19. The number of nitrogens with two attached hydrogens (primary N) is 1. The normalized spacial score (nSPS) is 10.8. The maximum atomic E-state index is 12.3. The van der Waals surface area contributed by atoms with E-state index in [0.717, 1.165) is 5.56 Å². The van der Waals surface area contributed by atoms with Gasteiger partial charge in [-0.25, -0.2) is 4.68 Å². The number of anilines is 3. The van der Waals surface area contributed by atoms with E-state index in [1.807, 2.05) is 44.4 Å². The summed E-state index contributed by atoms with van der Waals surface area (Å²) in [7, 11) is 5.42. The first-order valence-electron chi connectivity index (χ1n) is 7.47. The SMILES string of the molecule is CN(C)c1nc(N)c2c(NC(=O)Cc3ccccc3)nn(C)c2n1. The number of amides is 1. The highest BCUT2D eigenvalue weighted by Crippen LogP contribution is 2.27. The van der Waals surface area contributed by atoms with Crippen LogP contribution in [0, 0.1) is 0 Å². The van der Waals surface area contributed by atoms with Gasteiger partial charge in [0.1, 0.15) is 11.2 Å². The third-order valence-corrected chi connectivity index (χ3v) is 3.56. The highest BCUT2D eigenvalue weighted by Gasteiger charge is 2.18. The smallest absolute Gasteiger partial charge is 0.230 e. The van der Waals surface area contributed by atoms with Gasteiger partial charge in [-0.3, -0.25) is 4.79 Å². The quantitative estimate of drug-likeness (QED) is 0.747. The zero-order valence-electron chi connectivity index (χ0n) is 13.8. The molecule has 24 heavy (non-hydrogen) atoms. The molecule has 1 aromatic carbocycles. The largest absolute Gasteiger partial charge is 0.383 e. The number of benzene rings is 1. The van der Waals surface area contributed by atoms with E-state index in [2.05, 4.69) is 20.4 Å². The van der Waals surface area contributed by atoms with Gasteiger partial charge in [0.2, 0.25) is 11.9 Å². The van der Waals surface area contributed by atoms with E-state index in [1.165, 1.54) is 0 Å². The van der Waals surface area contributed by atoms with Crippen molar-refractivity contribution in [3.63, 3.8) is 0 Å². The van der Waals surface area contributed by atoms with Crippen LogP contribution >= 0.6 is 0 Å². The number of carbonyl (C=O) groups excluding carboxylic acids is 1. The molecular weight excluding hydrogens is 306 g/mol. The lowest BCUT2D eigenvalue weighted by Crippen LogP contribution is -2.16. The summed E-state index contributed by atoms with van der Waals surface area (Å²) in [4.78, 5) is 22.7. The van der Waals surface area contributed by atoms with Crippen LogP contribution in [0.2, 0.25) is 0 Å². The van der Waals surface area contributed by atoms with Crippen molar-refractivity contribution < 1.29 is 4.79 Å². The van der Waals surface area contributed by atoms with Crippen molar-refractivity contribution in [3.8, 4) is 0 Å². The zero-order chi connectivity index (χ0) is 17.3. The van der Waals surface area contributed by atoms with Crippen LogP contribution < -0.4 is 16.0 Å². The minimum absolute atomic E-state index is 0.169. The molecule has 3 N–H and O–H groups in total. The number of fused-ring (bicyclic) bond motifs is 1. The van der Waals surface area contributed by atoms with Crippen molar-refractivity contribution in [2.75, 3.05) is 30.0 Å². The molecule has 0 aliphatic carbocycles. The Bertz CT molecular complexity index is 886. The number of hydrogen-bond acceptors (Lipinski definition) is 6. The molecule has 8 nitrogen and oxygen atoms in total. The standard InChI is InChI=1S/C16H19N7O/c1-22(2)16-19-13(17)12-14(21-23(3)15(12)20-16)18-11(24)9-10-7-5-4-6-8-10/h4-8H,9H2,1-3H3,(H2,17,19,20)(H,18,21,24). The molecule has 0 bridgehead atoms. The van der Waals surface area contributed by atoms with Gasteiger partial charge in [-0.2, -0.15) is 15.1 Å². The van der Waals surface area contributed by atoms with E-state index in [4.69, 9.17) is 5.73 Å². The molecule has 1 amide bonds. The van der Waals surface area contributed by atoms with Crippen LogP contribution in [0.15, 0.2) is 30.3 Å². The second kappa shape index (κ2) is 6.15. The van der Waals surface area contributed by atoms with Crippen LogP contribution in [0.25, 0.3) is 11.0 Å². The molecule has 3 rings (SSSR count). The summed E-state index contributed by atoms with van der Waals surface area (Å²) in [6.45, 7) is 0. The number of nitrogen functional groups attached to an aromatic ring is 1. The van der Waals surface area contributed by atoms with Crippen molar-refractivity contribution in [1.29, 1.82) is 0 Å². The molecule has 124 valence electrons. The van der Waals surface area contributed by atoms with E-state index < -0.39 is 0 Å². The molecule has 0 atom stereocenters. The Morgan fingerprint density at radius 3 is 2.62 bits per heavy atom. The molecule has 0 saturated heterocycles. The van der Waals surface area contributed by atoms with Crippen molar-refractivity contribution in [2.45, 2.75) is 6.42 Å². The van der Waals surface area contributed by atoms with E-state index >= 15 is 0 Å². The second-order valence-electron chi connectivity index (χ2n) is 5.68. The Morgan fingerprint density at radius 1 is 1.25 bits per heavy atom. The molecule has 2 aromatic heterocycles. The minimum atomic E-state index is -0.169. The number of nitrogens with zero attached hydrogens (tertiary/aromatic N) is 5. The number of nitrogens with one attached hydrogen (secondary N) is 1. The molecule has 0 fully saturated rings. The van der Waals surface area contributed by atoms with Crippen LogP contribution in [0.4, 0.5) is 17.6 Å². The lowest BCUT2D eigenvalue weighted by Gasteiger charge is -2.10. The van der Waals surface area contributed by atoms with Gasteiger partial charge >= 0.3 is 0 Å². The molecular formula is C16H19N7O. The summed E-state index contributed by atoms with van der Waals surface area (Å²) in [5.74, 6) is 0.977. The molecule has 8 heteroatoms. The Kier molecular flexibility index (Phi) is 4.03. The summed E-state index contributed by atoms with van der Waals surface area (Å²) in [5, 5.41) is 7.66. The first-order chi connectivity index (χ1) is 11.5. The highest BCUT2D eigenvalue weighted by molar-refractivity contribution is 6.03. The number of rotatable bonds is 4. The fraction of sp³-hybridized carbons (Fsp3) is 0.250. The maximum absolute atomic E-state index is 12.3. The van der Waals surface area contributed by atoms with Crippen molar-refractivity contribution >= 4 is 34.5 Å². The van der Waals surface area contributed by atoms with Gasteiger partial charge in [0.05, 0.1) is 6.42 Å². The molecule has 0 radical (unpaired) electrons. The van der Waals surface area contributed by atoms with Gasteiger partial charge < -0.3 is 16.0 Å². The summed E-state index contributed by atoms with van der Waals surface area (Å²) < 4.78 is 1.58. The maximum Gasteiger partial charge on any atom is 0.230 e. The van der Waals surface area contributed by atoms with Gasteiger partial charge in [-0.15, -0.1) is 0 Å². The van der Waals surface area contributed by atoms with E-state index in [0.29, 0.717) is 22.8 Å². The van der Waals surface area contributed by atoms with E-state index in [-0.39, 0.29) is 18.1 Å². The summed E-state index contributed by atoms with van der Waals surface area (Å²) in [6, 6.07) is 9.50. The minimum Gasteiger partial charge on any atom is -0.383 e. The van der Waals surface area contributed by atoms with Gasteiger partial charge in [0.25, 0.3) is 0 Å². The zero-order valence-corrected chi connectivity index (χ0v) is 13.8. The monoisotopic (exact) mass is 325 g/mol. The first-order valence-corrected chi connectivity index (χ1v) is 7.47. The van der Waals surface area contributed by atoms with Gasteiger partial charge in [0.15, 0.2) is 11.5 Å². The Morgan fingerprint density at radius 2 is 1.96 bits per heavy atom. The lowest BCUT2D eigenvalue weighted by atomic mass is 10.1. The number of carbonyl (C=O) groups is 1. The van der Waals surface area contributed by atoms with Crippen molar-refractivity contribution in [1.82, 2.24) is 19.7 Å². The second-order valence-corrected chi connectivity index (χ2v) is 5.68. The average Bonchev–Trinajstić information content (AvgIpc) is 2.84. The number of hydrogen-bond donors (Lipinski definition) is 2. The van der Waals surface area contributed by atoms with Crippen LogP contribution in [0.3, 0.4) is 0 Å². The molecule has 0 saturated carbocycles. The lowest BCUT2D eigenvalue weighted by molar-refractivity contribution is -0.115. The fourth-order valence-electron chi connectivity index (χ4n) is 2.41. The van der Waals surface area contributed by atoms with Crippen LogP contribution in [-0.4, -0.2) is 39.8 Å². The summed E-state index contributed by atoms with van der Waals surface area (Å²) in [6.07, 6.45) is 0.259. The fourth-order valence-corrected chi connectivity index (χ4v) is 2.41. The number of aryl methyl sites for hydroxylation is 1. The molecule has 0 aliphatic rings. The van der Waals surface area contributed by atoms with Crippen LogP contribution in [0.1, 0.15) is 5.56 Å². The average molecular weight is 325 g/mol. The van der Waals surface area contributed by atoms with Gasteiger partial charge in [0, 0.05) is 21.1 Å².